The molecule has 0 amide bonds. The van der Waals surface area contributed by atoms with Crippen molar-refractivity contribution >= 4 is 25.8 Å². The molecule has 22 heavy (non-hydrogen) atoms. The van der Waals surface area contributed by atoms with Crippen LogP contribution in [0.1, 0.15) is 5.56 Å². The van der Waals surface area contributed by atoms with E-state index in [1.165, 1.54) is 12.1 Å². The Morgan fingerprint density at radius 1 is 1.23 bits per heavy atom. The summed E-state index contributed by atoms with van der Waals surface area (Å²) in [5.41, 5.74) is 5.97. The fourth-order valence-electron chi connectivity index (χ4n) is 1.65. The number of benzene rings is 1. The van der Waals surface area contributed by atoms with Crippen LogP contribution in [-0.2, 0) is 24.7 Å². The number of nitrogens with two attached hydrogens (primary N) is 1. The van der Waals surface area contributed by atoms with Crippen molar-refractivity contribution in [2.24, 2.45) is 5.73 Å². The molecule has 0 aliphatic carbocycles. The van der Waals surface area contributed by atoms with E-state index in [-0.39, 0.29) is 11.4 Å². The number of aliphatic carboxylic acids is 1. The molecular formula is C12H18N2O6S2. The van der Waals surface area contributed by atoms with E-state index in [9.17, 15) is 21.6 Å². The summed E-state index contributed by atoms with van der Waals surface area (Å²) >= 11 is 0. The average molecular weight is 350 g/mol. The molecule has 0 saturated carbocycles. The molecule has 0 radical (unpaired) electrons. The molecule has 1 aromatic carbocycles. The molecule has 0 heterocycles. The Hall–Kier alpha value is -1.49. The SMILES string of the molecule is Cc1ccc(S(=O)(=O)N[C@@H](CS(=O)(=O)CCN)C(=O)O)cc1. The largest absolute Gasteiger partial charge is 0.480 e. The van der Waals surface area contributed by atoms with E-state index in [1.54, 1.807) is 19.1 Å². The molecular weight excluding hydrogens is 332 g/mol. The molecule has 4 N–H and O–H groups in total. The van der Waals surface area contributed by atoms with Crippen molar-refractivity contribution in [3.8, 4) is 0 Å². The normalized spacial score (nSPS) is 13.7. The van der Waals surface area contributed by atoms with Gasteiger partial charge in [-0.1, -0.05) is 17.7 Å². The molecule has 0 unspecified atom stereocenters. The number of sulfone groups is 1. The summed E-state index contributed by atoms with van der Waals surface area (Å²) in [5.74, 6) is -2.84. The highest BCUT2D eigenvalue weighted by Crippen LogP contribution is 2.11. The van der Waals surface area contributed by atoms with E-state index < -0.39 is 43.4 Å². The second-order valence-electron chi connectivity index (χ2n) is 4.73. The molecule has 0 spiro atoms. The topological polar surface area (TPSA) is 144 Å². The number of carbonyl (C=O) groups is 1. The maximum Gasteiger partial charge on any atom is 0.322 e. The lowest BCUT2D eigenvalue weighted by atomic mass is 10.2. The fraction of sp³-hybridized carbons (Fsp3) is 0.417. The highest BCUT2D eigenvalue weighted by Gasteiger charge is 2.29. The van der Waals surface area contributed by atoms with Gasteiger partial charge in [0.05, 0.1) is 16.4 Å². The van der Waals surface area contributed by atoms with Crippen LogP contribution in [0.5, 0.6) is 0 Å². The number of hydrogen-bond acceptors (Lipinski definition) is 6. The van der Waals surface area contributed by atoms with Gasteiger partial charge in [0.2, 0.25) is 10.0 Å². The van der Waals surface area contributed by atoms with Crippen molar-refractivity contribution in [1.29, 1.82) is 0 Å². The summed E-state index contributed by atoms with van der Waals surface area (Å²) in [6, 6.07) is 3.95. The summed E-state index contributed by atoms with van der Waals surface area (Å²) in [5, 5.41) is 9.04. The standard InChI is InChI=1S/C12H18N2O6S2/c1-9-2-4-10(5-3-9)22(19,20)14-11(12(15)16)8-21(17,18)7-6-13/h2-5,11,14H,6-8,13H2,1H3,(H,15,16)/t11-/m0/s1. The lowest BCUT2D eigenvalue weighted by Crippen LogP contribution is -2.46. The first-order chi connectivity index (χ1) is 10.1. The second-order valence-corrected chi connectivity index (χ2v) is 8.67. The Balaban J connectivity index is 3.00. The van der Waals surface area contributed by atoms with Crippen molar-refractivity contribution in [3.63, 3.8) is 0 Å². The first kappa shape index (κ1) is 18.6. The molecule has 1 rings (SSSR count). The molecule has 0 bridgehead atoms. The van der Waals surface area contributed by atoms with Crippen LogP contribution in [0, 0.1) is 6.92 Å². The van der Waals surface area contributed by atoms with Crippen LogP contribution in [0.4, 0.5) is 0 Å². The highest BCUT2D eigenvalue weighted by atomic mass is 32.2. The van der Waals surface area contributed by atoms with Gasteiger partial charge >= 0.3 is 5.97 Å². The number of aryl methyl sites for hydroxylation is 1. The van der Waals surface area contributed by atoms with E-state index in [2.05, 4.69) is 0 Å². The number of carboxylic acids is 1. The predicted molar refractivity (Wildman–Crippen MR) is 80.6 cm³/mol. The van der Waals surface area contributed by atoms with E-state index in [0.29, 0.717) is 0 Å². The summed E-state index contributed by atoms with van der Waals surface area (Å²) < 4.78 is 49.4. The van der Waals surface area contributed by atoms with Gasteiger partial charge in [0.25, 0.3) is 0 Å². The Bertz CT molecular complexity index is 725. The van der Waals surface area contributed by atoms with Crippen molar-refractivity contribution in [2.45, 2.75) is 17.9 Å². The van der Waals surface area contributed by atoms with Gasteiger partial charge in [-0.15, -0.1) is 0 Å². The molecule has 1 aromatic rings. The average Bonchev–Trinajstić information content (AvgIpc) is 2.37. The lowest BCUT2D eigenvalue weighted by molar-refractivity contribution is -0.138. The third-order valence-corrected chi connectivity index (χ3v) is 5.96. The van der Waals surface area contributed by atoms with Gasteiger partial charge in [0.15, 0.2) is 9.84 Å². The fourth-order valence-corrected chi connectivity index (χ4v) is 4.20. The van der Waals surface area contributed by atoms with Crippen molar-refractivity contribution in [2.75, 3.05) is 18.1 Å². The molecule has 10 heteroatoms. The molecule has 0 aromatic heterocycles. The molecule has 0 fully saturated rings. The maximum absolute atomic E-state index is 12.1. The smallest absolute Gasteiger partial charge is 0.322 e. The van der Waals surface area contributed by atoms with Crippen LogP contribution in [-0.4, -0.2) is 52.0 Å². The Labute approximate surface area is 129 Å². The van der Waals surface area contributed by atoms with E-state index in [4.69, 9.17) is 10.8 Å². The highest BCUT2D eigenvalue weighted by molar-refractivity contribution is 7.91. The minimum atomic E-state index is -4.14. The zero-order chi connectivity index (χ0) is 17.0. The minimum absolute atomic E-state index is 0.138. The molecule has 8 nitrogen and oxygen atoms in total. The first-order valence-corrected chi connectivity index (χ1v) is 9.60. The van der Waals surface area contributed by atoms with E-state index in [0.717, 1.165) is 5.56 Å². The number of nitrogens with one attached hydrogen (secondary N) is 1. The van der Waals surface area contributed by atoms with Gasteiger partial charge in [0, 0.05) is 6.54 Å². The molecule has 124 valence electrons. The zero-order valence-corrected chi connectivity index (χ0v) is 13.5. The van der Waals surface area contributed by atoms with Crippen molar-refractivity contribution < 1.29 is 26.7 Å². The third-order valence-electron chi connectivity index (χ3n) is 2.78. The summed E-state index contributed by atoms with van der Waals surface area (Å²) in [4.78, 5) is 11.0. The summed E-state index contributed by atoms with van der Waals surface area (Å²) in [6.45, 7) is 1.60. The van der Waals surface area contributed by atoms with Crippen LogP contribution in [0.25, 0.3) is 0 Å². The molecule has 0 saturated heterocycles. The lowest BCUT2D eigenvalue weighted by Gasteiger charge is -2.15. The van der Waals surface area contributed by atoms with Gasteiger partial charge < -0.3 is 10.8 Å². The monoisotopic (exact) mass is 350 g/mol. The zero-order valence-electron chi connectivity index (χ0n) is 11.9. The number of hydrogen-bond donors (Lipinski definition) is 3. The molecule has 0 aliphatic rings. The quantitative estimate of drug-likeness (QED) is 0.551. The van der Waals surface area contributed by atoms with E-state index >= 15 is 0 Å². The van der Waals surface area contributed by atoms with Gasteiger partial charge in [-0.2, -0.15) is 4.72 Å². The third kappa shape index (κ3) is 5.37. The molecule has 1 atom stereocenters. The number of carboxylic acid groups (broad SMARTS) is 1. The van der Waals surface area contributed by atoms with Gasteiger partial charge in [0.1, 0.15) is 6.04 Å². The maximum atomic E-state index is 12.1. The van der Waals surface area contributed by atoms with Gasteiger partial charge in [-0.3, -0.25) is 4.79 Å². The van der Waals surface area contributed by atoms with Crippen LogP contribution < -0.4 is 10.5 Å². The summed E-state index contributed by atoms with van der Waals surface area (Å²) in [7, 11) is -7.91. The van der Waals surface area contributed by atoms with Crippen LogP contribution in [0.2, 0.25) is 0 Å². The second kappa shape index (κ2) is 7.18. The number of sulfonamides is 1. The Morgan fingerprint density at radius 2 is 1.77 bits per heavy atom. The predicted octanol–water partition coefficient (Wildman–Crippen LogP) is -0.900. The van der Waals surface area contributed by atoms with Crippen LogP contribution >= 0.6 is 0 Å². The van der Waals surface area contributed by atoms with Gasteiger partial charge in [-0.05, 0) is 19.1 Å². The Morgan fingerprint density at radius 3 is 2.23 bits per heavy atom. The summed E-state index contributed by atoms with van der Waals surface area (Å²) in [6.07, 6.45) is 0. The van der Waals surface area contributed by atoms with Crippen molar-refractivity contribution in [3.05, 3.63) is 29.8 Å². The van der Waals surface area contributed by atoms with Crippen LogP contribution in [0.3, 0.4) is 0 Å². The first-order valence-electron chi connectivity index (χ1n) is 6.30. The van der Waals surface area contributed by atoms with Crippen LogP contribution in [0.15, 0.2) is 29.2 Å². The minimum Gasteiger partial charge on any atom is -0.480 e. The molecule has 0 aliphatic heterocycles. The number of rotatable bonds is 8. The van der Waals surface area contributed by atoms with Crippen molar-refractivity contribution in [1.82, 2.24) is 4.72 Å². The Kier molecular flexibility index (Phi) is 6.06. The van der Waals surface area contributed by atoms with Gasteiger partial charge in [-0.25, -0.2) is 16.8 Å². The van der Waals surface area contributed by atoms with E-state index in [1.807, 2.05) is 4.72 Å².